The standard InChI is InChI=1S/C15H30N2O2/c1-4-13(5-2)17-15(18)12(3)16-10-11-19-14-8-6-7-9-14/h12-14,16H,4-11H2,1-3H3,(H,17,18). The van der Waals surface area contributed by atoms with Crippen LogP contribution >= 0.6 is 0 Å². The van der Waals surface area contributed by atoms with Crippen LogP contribution in [0.25, 0.3) is 0 Å². The van der Waals surface area contributed by atoms with E-state index in [0.717, 1.165) is 19.4 Å². The zero-order valence-electron chi connectivity index (χ0n) is 12.7. The first-order chi connectivity index (χ1) is 9.17. The minimum absolute atomic E-state index is 0.0922. The zero-order valence-corrected chi connectivity index (χ0v) is 12.7. The Morgan fingerprint density at radius 2 is 1.89 bits per heavy atom. The van der Waals surface area contributed by atoms with E-state index >= 15 is 0 Å². The van der Waals surface area contributed by atoms with Crippen LogP contribution < -0.4 is 10.6 Å². The van der Waals surface area contributed by atoms with Gasteiger partial charge in [0.1, 0.15) is 0 Å². The maximum Gasteiger partial charge on any atom is 0.237 e. The second-order valence-corrected chi connectivity index (χ2v) is 5.48. The van der Waals surface area contributed by atoms with E-state index in [-0.39, 0.29) is 11.9 Å². The van der Waals surface area contributed by atoms with E-state index in [1.165, 1.54) is 25.7 Å². The molecule has 0 spiro atoms. The second kappa shape index (κ2) is 9.32. The molecule has 4 nitrogen and oxygen atoms in total. The smallest absolute Gasteiger partial charge is 0.237 e. The first kappa shape index (κ1) is 16.4. The highest BCUT2D eigenvalue weighted by atomic mass is 16.5. The van der Waals surface area contributed by atoms with Crippen LogP contribution in [0, 0.1) is 0 Å². The molecule has 0 radical (unpaired) electrons. The number of ether oxygens (including phenoxy) is 1. The minimum Gasteiger partial charge on any atom is -0.377 e. The van der Waals surface area contributed by atoms with Crippen LogP contribution in [-0.2, 0) is 9.53 Å². The van der Waals surface area contributed by atoms with E-state index < -0.39 is 0 Å². The van der Waals surface area contributed by atoms with E-state index in [0.29, 0.717) is 18.8 Å². The third-order valence-electron chi connectivity index (χ3n) is 3.93. The Kier molecular flexibility index (Phi) is 8.07. The van der Waals surface area contributed by atoms with Gasteiger partial charge in [0.2, 0.25) is 5.91 Å². The molecule has 1 aliphatic rings. The predicted octanol–water partition coefficient (Wildman–Crippen LogP) is 2.23. The Balaban J connectivity index is 2.08. The van der Waals surface area contributed by atoms with Gasteiger partial charge in [0.25, 0.3) is 0 Å². The van der Waals surface area contributed by atoms with E-state index in [2.05, 4.69) is 24.5 Å². The molecule has 0 aliphatic heterocycles. The van der Waals surface area contributed by atoms with Crippen molar-refractivity contribution in [2.75, 3.05) is 13.2 Å². The summed E-state index contributed by atoms with van der Waals surface area (Å²) in [5.74, 6) is 0.0922. The molecule has 0 bridgehead atoms. The van der Waals surface area contributed by atoms with E-state index in [1.54, 1.807) is 0 Å². The largest absolute Gasteiger partial charge is 0.377 e. The maximum atomic E-state index is 11.9. The molecule has 1 aliphatic carbocycles. The van der Waals surface area contributed by atoms with Gasteiger partial charge in [-0.3, -0.25) is 4.79 Å². The zero-order chi connectivity index (χ0) is 14.1. The molecular weight excluding hydrogens is 240 g/mol. The second-order valence-electron chi connectivity index (χ2n) is 5.48. The van der Waals surface area contributed by atoms with Crippen LogP contribution in [0.3, 0.4) is 0 Å². The van der Waals surface area contributed by atoms with Crippen molar-refractivity contribution >= 4 is 5.91 Å². The molecule has 0 aromatic rings. The van der Waals surface area contributed by atoms with Gasteiger partial charge in [-0.2, -0.15) is 0 Å². The molecule has 1 fully saturated rings. The lowest BCUT2D eigenvalue weighted by Crippen LogP contribution is -2.46. The summed E-state index contributed by atoms with van der Waals surface area (Å²) in [4.78, 5) is 11.9. The van der Waals surface area contributed by atoms with Crippen molar-refractivity contribution in [2.24, 2.45) is 0 Å². The summed E-state index contributed by atoms with van der Waals surface area (Å²) in [5.41, 5.74) is 0. The number of carbonyl (C=O) groups is 1. The lowest BCUT2D eigenvalue weighted by Gasteiger charge is -2.19. The molecule has 112 valence electrons. The highest BCUT2D eigenvalue weighted by Crippen LogP contribution is 2.20. The summed E-state index contributed by atoms with van der Waals surface area (Å²) < 4.78 is 5.76. The van der Waals surface area contributed by atoms with Crippen molar-refractivity contribution < 1.29 is 9.53 Å². The molecule has 1 rings (SSSR count). The maximum absolute atomic E-state index is 11.9. The van der Waals surface area contributed by atoms with Crippen molar-refractivity contribution in [3.63, 3.8) is 0 Å². The lowest BCUT2D eigenvalue weighted by molar-refractivity contribution is -0.123. The Hall–Kier alpha value is -0.610. The number of hydrogen-bond donors (Lipinski definition) is 2. The highest BCUT2D eigenvalue weighted by molar-refractivity contribution is 5.81. The average Bonchev–Trinajstić information content (AvgIpc) is 2.93. The van der Waals surface area contributed by atoms with Gasteiger partial charge in [0.05, 0.1) is 18.8 Å². The third-order valence-corrected chi connectivity index (χ3v) is 3.93. The molecule has 1 unspecified atom stereocenters. The molecule has 1 saturated carbocycles. The monoisotopic (exact) mass is 270 g/mol. The Morgan fingerprint density at radius 3 is 2.47 bits per heavy atom. The molecule has 1 atom stereocenters. The number of rotatable bonds is 9. The number of carbonyl (C=O) groups excluding carboxylic acids is 1. The van der Waals surface area contributed by atoms with Crippen molar-refractivity contribution in [1.29, 1.82) is 0 Å². The van der Waals surface area contributed by atoms with Gasteiger partial charge in [0, 0.05) is 12.6 Å². The van der Waals surface area contributed by atoms with E-state index in [1.807, 2.05) is 6.92 Å². The van der Waals surface area contributed by atoms with Gasteiger partial charge in [-0.25, -0.2) is 0 Å². The van der Waals surface area contributed by atoms with E-state index in [9.17, 15) is 4.79 Å². The van der Waals surface area contributed by atoms with Gasteiger partial charge in [-0.15, -0.1) is 0 Å². The fraction of sp³-hybridized carbons (Fsp3) is 0.933. The summed E-state index contributed by atoms with van der Waals surface area (Å²) in [5, 5.41) is 6.28. The summed E-state index contributed by atoms with van der Waals surface area (Å²) in [6, 6.07) is 0.152. The normalized spacial score (nSPS) is 17.9. The summed E-state index contributed by atoms with van der Waals surface area (Å²) in [6.45, 7) is 7.55. The van der Waals surface area contributed by atoms with Crippen LogP contribution in [0.1, 0.15) is 59.3 Å². The molecule has 1 amide bonds. The van der Waals surface area contributed by atoms with Crippen molar-refractivity contribution in [2.45, 2.75) is 77.5 Å². The van der Waals surface area contributed by atoms with Crippen molar-refractivity contribution in [1.82, 2.24) is 10.6 Å². The number of amides is 1. The van der Waals surface area contributed by atoms with Crippen LogP contribution in [0.4, 0.5) is 0 Å². The molecule has 0 aromatic carbocycles. The molecular formula is C15H30N2O2. The molecule has 2 N–H and O–H groups in total. The summed E-state index contributed by atoms with van der Waals surface area (Å²) >= 11 is 0. The SMILES string of the molecule is CCC(CC)NC(=O)C(C)NCCOC1CCCC1. The quantitative estimate of drug-likeness (QED) is 0.632. The topological polar surface area (TPSA) is 50.4 Å². The summed E-state index contributed by atoms with van der Waals surface area (Å²) in [7, 11) is 0. The first-order valence-corrected chi connectivity index (χ1v) is 7.82. The molecule has 0 saturated heterocycles. The Labute approximate surface area is 117 Å². The molecule has 0 aromatic heterocycles. The molecule has 0 heterocycles. The van der Waals surface area contributed by atoms with E-state index in [4.69, 9.17) is 4.74 Å². The van der Waals surface area contributed by atoms with Crippen LogP contribution in [0.2, 0.25) is 0 Å². The Morgan fingerprint density at radius 1 is 1.26 bits per heavy atom. The minimum atomic E-state index is -0.146. The van der Waals surface area contributed by atoms with Gasteiger partial charge in [-0.1, -0.05) is 26.7 Å². The number of nitrogens with one attached hydrogen (secondary N) is 2. The van der Waals surface area contributed by atoms with Crippen LogP contribution in [-0.4, -0.2) is 37.2 Å². The summed E-state index contributed by atoms with van der Waals surface area (Å²) in [6.07, 6.45) is 7.42. The number of hydrogen-bond acceptors (Lipinski definition) is 3. The van der Waals surface area contributed by atoms with Gasteiger partial charge < -0.3 is 15.4 Å². The molecule has 4 heteroatoms. The fourth-order valence-corrected chi connectivity index (χ4v) is 2.47. The van der Waals surface area contributed by atoms with Crippen LogP contribution in [0.5, 0.6) is 0 Å². The lowest BCUT2D eigenvalue weighted by atomic mass is 10.1. The van der Waals surface area contributed by atoms with Gasteiger partial charge in [0.15, 0.2) is 0 Å². The first-order valence-electron chi connectivity index (χ1n) is 7.82. The third kappa shape index (κ3) is 6.39. The van der Waals surface area contributed by atoms with Gasteiger partial charge in [-0.05, 0) is 32.6 Å². The predicted molar refractivity (Wildman–Crippen MR) is 78.2 cm³/mol. The average molecular weight is 270 g/mol. The highest BCUT2D eigenvalue weighted by Gasteiger charge is 2.17. The molecule has 19 heavy (non-hydrogen) atoms. The van der Waals surface area contributed by atoms with Crippen LogP contribution in [0.15, 0.2) is 0 Å². The Bertz CT molecular complexity index is 249. The van der Waals surface area contributed by atoms with Gasteiger partial charge >= 0.3 is 0 Å². The fourth-order valence-electron chi connectivity index (χ4n) is 2.47. The van der Waals surface area contributed by atoms with Crippen molar-refractivity contribution in [3.8, 4) is 0 Å². The van der Waals surface area contributed by atoms with Crippen molar-refractivity contribution in [3.05, 3.63) is 0 Å².